The third kappa shape index (κ3) is 3.38. The smallest absolute Gasteiger partial charge is 0.222 e. The van der Waals surface area contributed by atoms with Gasteiger partial charge in [0.15, 0.2) is 0 Å². The fourth-order valence-electron chi connectivity index (χ4n) is 4.49. The summed E-state index contributed by atoms with van der Waals surface area (Å²) in [5, 5.41) is 0. The highest BCUT2D eigenvalue weighted by Crippen LogP contribution is 2.43. The minimum Gasteiger partial charge on any atom is -0.356 e. The van der Waals surface area contributed by atoms with Gasteiger partial charge >= 0.3 is 0 Å². The molecule has 1 aromatic rings. The van der Waals surface area contributed by atoms with Crippen molar-refractivity contribution in [2.75, 3.05) is 24.5 Å². The van der Waals surface area contributed by atoms with Gasteiger partial charge in [-0.05, 0) is 39.0 Å². The lowest BCUT2D eigenvalue weighted by Crippen LogP contribution is -2.54. The van der Waals surface area contributed by atoms with Crippen LogP contribution < -0.4 is 4.90 Å². The molecule has 1 atom stereocenters. The summed E-state index contributed by atoms with van der Waals surface area (Å²) < 4.78 is 0. The van der Waals surface area contributed by atoms with Crippen LogP contribution in [0.3, 0.4) is 0 Å². The zero-order valence-corrected chi connectivity index (χ0v) is 15.8. The van der Waals surface area contributed by atoms with Crippen molar-refractivity contribution in [1.29, 1.82) is 0 Å². The van der Waals surface area contributed by atoms with Crippen LogP contribution >= 0.6 is 0 Å². The number of hydrogen-bond acceptors (Lipinski definition) is 4. The second-order valence-electron chi connectivity index (χ2n) is 8.66. The molecule has 1 saturated carbocycles. The second-order valence-corrected chi connectivity index (χ2v) is 8.66. The topological polar surface area (TPSA) is 49.3 Å². The number of carbonyl (C=O) groups is 1. The van der Waals surface area contributed by atoms with E-state index in [2.05, 4.69) is 41.6 Å². The molecule has 1 unspecified atom stereocenters. The van der Waals surface area contributed by atoms with Crippen LogP contribution in [0.25, 0.3) is 0 Å². The molecule has 25 heavy (non-hydrogen) atoms. The van der Waals surface area contributed by atoms with Crippen LogP contribution in [0.4, 0.5) is 5.82 Å². The number of aromatic nitrogens is 2. The first-order chi connectivity index (χ1) is 12.0. The summed E-state index contributed by atoms with van der Waals surface area (Å²) in [4.78, 5) is 26.4. The van der Waals surface area contributed by atoms with Gasteiger partial charge in [0, 0.05) is 55.2 Å². The Bertz CT molecular complexity index is 670. The van der Waals surface area contributed by atoms with Crippen molar-refractivity contribution in [2.24, 2.45) is 5.41 Å². The molecule has 0 N–H and O–H groups in total. The highest BCUT2D eigenvalue weighted by atomic mass is 16.2. The van der Waals surface area contributed by atoms with Crippen LogP contribution in [0.1, 0.15) is 69.8 Å². The molecule has 3 fully saturated rings. The Hall–Kier alpha value is -1.65. The van der Waals surface area contributed by atoms with E-state index < -0.39 is 0 Å². The van der Waals surface area contributed by atoms with Gasteiger partial charge in [-0.1, -0.05) is 13.8 Å². The third-order valence-corrected chi connectivity index (χ3v) is 6.04. The Morgan fingerprint density at radius 3 is 2.72 bits per heavy atom. The molecular weight excluding hydrogens is 312 g/mol. The van der Waals surface area contributed by atoms with Crippen LogP contribution in [-0.2, 0) is 4.79 Å². The lowest BCUT2D eigenvalue weighted by Gasteiger charge is -2.48. The van der Waals surface area contributed by atoms with Crippen molar-refractivity contribution in [3.63, 3.8) is 0 Å². The molecule has 0 bridgehead atoms. The highest BCUT2D eigenvalue weighted by molar-refractivity contribution is 5.78. The fourth-order valence-corrected chi connectivity index (χ4v) is 4.49. The van der Waals surface area contributed by atoms with Gasteiger partial charge in [-0.25, -0.2) is 9.97 Å². The standard InChI is InChI=1S/C20H30N4O/c1-14(2)19-21-15(3)11-17(22-19)23-10-4-8-20(12-23)9-7-18(25)24(13-20)16-5-6-16/h11,14,16H,4-10,12-13H2,1-3H3. The summed E-state index contributed by atoms with van der Waals surface area (Å²) in [6.07, 6.45) is 6.59. The number of anilines is 1. The molecule has 5 nitrogen and oxygen atoms in total. The summed E-state index contributed by atoms with van der Waals surface area (Å²) in [7, 11) is 0. The minimum absolute atomic E-state index is 0.256. The van der Waals surface area contributed by atoms with Crippen LogP contribution in [-0.4, -0.2) is 46.5 Å². The van der Waals surface area contributed by atoms with Crippen molar-refractivity contribution >= 4 is 11.7 Å². The quantitative estimate of drug-likeness (QED) is 0.846. The zero-order chi connectivity index (χ0) is 17.6. The average Bonchev–Trinajstić information content (AvgIpc) is 3.42. The van der Waals surface area contributed by atoms with Crippen molar-refractivity contribution in [2.45, 2.75) is 71.3 Å². The van der Waals surface area contributed by atoms with E-state index in [-0.39, 0.29) is 5.41 Å². The molecular formula is C20H30N4O. The molecule has 1 spiro atoms. The average molecular weight is 342 g/mol. The number of piperidine rings is 2. The van der Waals surface area contributed by atoms with Crippen molar-refractivity contribution in [1.82, 2.24) is 14.9 Å². The van der Waals surface area contributed by atoms with Crippen molar-refractivity contribution in [3.05, 3.63) is 17.6 Å². The van der Waals surface area contributed by atoms with Crippen LogP contribution in [0, 0.1) is 12.3 Å². The maximum Gasteiger partial charge on any atom is 0.222 e. The van der Waals surface area contributed by atoms with E-state index >= 15 is 0 Å². The Labute approximate surface area is 150 Å². The van der Waals surface area contributed by atoms with Crippen LogP contribution in [0.15, 0.2) is 6.07 Å². The zero-order valence-electron chi connectivity index (χ0n) is 15.8. The number of nitrogens with zero attached hydrogens (tertiary/aromatic N) is 4. The number of amides is 1. The highest BCUT2D eigenvalue weighted by Gasteiger charge is 2.45. The van der Waals surface area contributed by atoms with Gasteiger partial charge < -0.3 is 9.80 Å². The Kier molecular flexibility index (Phi) is 4.20. The first-order valence-corrected chi connectivity index (χ1v) is 9.86. The summed E-state index contributed by atoms with van der Waals surface area (Å²) in [5.41, 5.74) is 1.30. The molecule has 3 heterocycles. The summed E-state index contributed by atoms with van der Waals surface area (Å²) in [5.74, 6) is 2.73. The van der Waals surface area contributed by atoms with E-state index in [9.17, 15) is 4.79 Å². The molecule has 1 amide bonds. The Morgan fingerprint density at radius 1 is 1.20 bits per heavy atom. The van der Waals surface area contributed by atoms with E-state index in [0.717, 1.165) is 49.8 Å². The van der Waals surface area contributed by atoms with Gasteiger partial charge in [-0.3, -0.25) is 4.79 Å². The number of carbonyl (C=O) groups excluding carboxylic acids is 1. The monoisotopic (exact) mass is 342 g/mol. The molecule has 2 aliphatic heterocycles. The first-order valence-electron chi connectivity index (χ1n) is 9.86. The molecule has 3 aliphatic rings. The van der Waals surface area contributed by atoms with Gasteiger partial charge in [-0.2, -0.15) is 0 Å². The number of hydrogen-bond donors (Lipinski definition) is 0. The number of aryl methyl sites for hydroxylation is 1. The second kappa shape index (κ2) is 6.26. The third-order valence-electron chi connectivity index (χ3n) is 6.04. The predicted octanol–water partition coefficient (Wildman–Crippen LogP) is 3.28. The van der Waals surface area contributed by atoms with Crippen LogP contribution in [0.2, 0.25) is 0 Å². The molecule has 0 aromatic carbocycles. The van der Waals surface area contributed by atoms with E-state index in [0.29, 0.717) is 17.9 Å². The van der Waals surface area contributed by atoms with Gasteiger partial charge in [0.25, 0.3) is 0 Å². The van der Waals surface area contributed by atoms with E-state index in [4.69, 9.17) is 4.98 Å². The Morgan fingerprint density at radius 2 is 2.00 bits per heavy atom. The SMILES string of the molecule is Cc1cc(N2CCCC3(CCC(=O)N(C4CC4)C3)C2)nc(C(C)C)n1. The summed E-state index contributed by atoms with van der Waals surface area (Å²) >= 11 is 0. The summed E-state index contributed by atoms with van der Waals surface area (Å²) in [6.45, 7) is 9.40. The van der Waals surface area contributed by atoms with Gasteiger partial charge in [-0.15, -0.1) is 0 Å². The molecule has 5 heteroatoms. The van der Waals surface area contributed by atoms with Crippen molar-refractivity contribution < 1.29 is 4.79 Å². The first kappa shape index (κ1) is 16.8. The fraction of sp³-hybridized carbons (Fsp3) is 0.750. The summed E-state index contributed by atoms with van der Waals surface area (Å²) in [6, 6.07) is 2.66. The lowest BCUT2D eigenvalue weighted by molar-refractivity contribution is -0.138. The lowest BCUT2D eigenvalue weighted by atomic mass is 9.73. The van der Waals surface area contributed by atoms with Gasteiger partial charge in [0.05, 0.1) is 0 Å². The molecule has 4 rings (SSSR count). The van der Waals surface area contributed by atoms with Crippen molar-refractivity contribution in [3.8, 4) is 0 Å². The largest absolute Gasteiger partial charge is 0.356 e. The van der Waals surface area contributed by atoms with E-state index in [1.54, 1.807) is 0 Å². The maximum atomic E-state index is 12.3. The van der Waals surface area contributed by atoms with Gasteiger partial charge in [0.1, 0.15) is 11.6 Å². The number of likely N-dealkylation sites (tertiary alicyclic amines) is 1. The normalized spacial score (nSPS) is 27.4. The maximum absolute atomic E-state index is 12.3. The molecule has 2 saturated heterocycles. The minimum atomic E-state index is 0.256. The molecule has 1 aliphatic carbocycles. The molecule has 1 aromatic heterocycles. The predicted molar refractivity (Wildman–Crippen MR) is 98.7 cm³/mol. The van der Waals surface area contributed by atoms with E-state index in [1.807, 2.05) is 0 Å². The van der Waals surface area contributed by atoms with Gasteiger partial charge in [0.2, 0.25) is 5.91 Å². The Balaban J connectivity index is 1.56. The van der Waals surface area contributed by atoms with E-state index in [1.165, 1.54) is 25.7 Å². The molecule has 136 valence electrons. The van der Waals surface area contributed by atoms with Crippen LogP contribution in [0.5, 0.6) is 0 Å². The number of rotatable bonds is 3. The molecule has 0 radical (unpaired) electrons.